The molecule has 1 fully saturated rings. The van der Waals surface area contributed by atoms with Crippen molar-refractivity contribution >= 4 is 18.7 Å². The van der Waals surface area contributed by atoms with Gasteiger partial charge in [-0.2, -0.15) is 0 Å². The maximum Gasteiger partial charge on any atom is 0.516 e. The molecule has 0 atom stereocenters. The number of nitrogens with zero attached hydrogens (tertiary/aromatic N) is 2. The van der Waals surface area contributed by atoms with Crippen molar-refractivity contribution in [1.29, 1.82) is 0 Å². The van der Waals surface area contributed by atoms with Gasteiger partial charge in [-0.25, -0.2) is 9.78 Å². The van der Waals surface area contributed by atoms with Gasteiger partial charge in [-0.3, -0.25) is 4.98 Å². The van der Waals surface area contributed by atoms with Crippen LogP contribution >= 0.6 is 0 Å². The Bertz CT molecular complexity index is 559. The van der Waals surface area contributed by atoms with Crippen LogP contribution in [0.4, 0.5) is 0 Å². The molecule has 19 heavy (non-hydrogen) atoms. The fourth-order valence-electron chi connectivity index (χ4n) is 1.58. The van der Waals surface area contributed by atoms with Crippen LogP contribution < -0.4 is 5.59 Å². The first-order chi connectivity index (χ1) is 9.91. The highest BCUT2D eigenvalue weighted by Crippen LogP contribution is 2.36. The average molecular weight is 267 g/mol. The van der Waals surface area contributed by atoms with Crippen molar-refractivity contribution in [2.75, 3.05) is 7.04 Å². The molecule has 0 aromatic carbocycles. The molecule has 0 N–H and O–H groups in total. The van der Waals surface area contributed by atoms with Crippen molar-refractivity contribution in [1.82, 2.24) is 9.97 Å². The molecule has 0 saturated carbocycles. The third kappa shape index (κ3) is 2.48. The van der Waals surface area contributed by atoms with E-state index in [1.165, 1.54) is 6.20 Å². The van der Waals surface area contributed by atoms with Crippen LogP contribution in [-0.4, -0.2) is 41.3 Å². The second-order valence-corrected chi connectivity index (χ2v) is 5.30. The van der Waals surface area contributed by atoms with Crippen molar-refractivity contribution in [3.8, 4) is 0 Å². The van der Waals surface area contributed by atoms with E-state index in [0.717, 1.165) is 6.20 Å². The highest BCUT2D eigenvalue weighted by Gasteiger charge is 2.52. The Kier molecular flexibility index (Phi) is 2.49. The number of carbonyl (C=O) groups is 1. The molecule has 0 aliphatic carbocycles. The highest BCUT2D eigenvalue weighted by atomic mass is 16.7. The van der Waals surface area contributed by atoms with E-state index in [1.54, 1.807) is 0 Å². The van der Waals surface area contributed by atoms with Crippen LogP contribution in [0, 0.1) is 0 Å². The third-order valence-electron chi connectivity index (χ3n) is 3.47. The van der Waals surface area contributed by atoms with Crippen molar-refractivity contribution in [3.63, 3.8) is 0 Å². The minimum absolute atomic E-state index is 0.198. The predicted molar refractivity (Wildman–Crippen MR) is 69.1 cm³/mol. The van der Waals surface area contributed by atoms with Crippen LogP contribution in [0.3, 0.4) is 0 Å². The van der Waals surface area contributed by atoms with Crippen LogP contribution in [0.1, 0.15) is 42.3 Å². The Morgan fingerprint density at radius 3 is 2.37 bits per heavy atom. The summed E-state index contributed by atoms with van der Waals surface area (Å²) < 4.78 is 36.5. The fraction of sp³-hybridized carbons (Fsp3) is 0.583. The standard InChI is InChI=1S/C12H17BN2O4/c1-11(2)12(3,4)19-13(18-11)9-7-14-8(6-15-9)10(16)17-5/h6-7H,1-5H3/i5D3. The number of ether oxygens (including phenoxy) is 1. The SMILES string of the molecule is [2H]C([2H])([2H])OC(=O)c1cnc(B2OC(C)(C)C(C)(C)O2)cn1. The lowest BCUT2D eigenvalue weighted by molar-refractivity contribution is 0.00578. The van der Waals surface area contributed by atoms with Gasteiger partial charge in [0.25, 0.3) is 0 Å². The zero-order chi connectivity index (χ0) is 16.8. The summed E-state index contributed by atoms with van der Waals surface area (Å²) in [6, 6.07) is 0. The fourth-order valence-corrected chi connectivity index (χ4v) is 1.58. The average Bonchev–Trinajstić information content (AvgIpc) is 2.56. The molecule has 0 radical (unpaired) electrons. The van der Waals surface area contributed by atoms with Gasteiger partial charge in [0.2, 0.25) is 0 Å². The Balaban J connectivity index is 2.12. The number of hydrogen-bond acceptors (Lipinski definition) is 6. The van der Waals surface area contributed by atoms with Crippen molar-refractivity contribution in [2.24, 2.45) is 0 Å². The molecule has 0 unspecified atom stereocenters. The quantitative estimate of drug-likeness (QED) is 0.576. The molecule has 1 aromatic heterocycles. The molecule has 2 rings (SSSR count). The van der Waals surface area contributed by atoms with Crippen LogP contribution in [-0.2, 0) is 14.0 Å². The van der Waals surface area contributed by atoms with E-state index in [0.29, 0.717) is 5.59 Å². The van der Waals surface area contributed by atoms with E-state index in [2.05, 4.69) is 14.7 Å². The van der Waals surface area contributed by atoms with Gasteiger partial charge in [0, 0.05) is 6.20 Å². The molecule has 102 valence electrons. The zero-order valence-corrected chi connectivity index (χ0v) is 11.3. The van der Waals surface area contributed by atoms with E-state index in [-0.39, 0.29) is 5.69 Å². The second-order valence-electron chi connectivity index (χ2n) is 5.30. The second kappa shape index (κ2) is 4.57. The van der Waals surface area contributed by atoms with E-state index >= 15 is 0 Å². The Hall–Kier alpha value is -1.47. The number of carbonyl (C=O) groups excluding carboxylic acids is 1. The number of hydrogen-bond donors (Lipinski definition) is 0. The van der Waals surface area contributed by atoms with Crippen LogP contribution in [0.25, 0.3) is 0 Å². The molecule has 0 amide bonds. The Morgan fingerprint density at radius 2 is 1.89 bits per heavy atom. The van der Waals surface area contributed by atoms with Crippen LogP contribution in [0.15, 0.2) is 12.4 Å². The summed E-state index contributed by atoms with van der Waals surface area (Å²) in [5.74, 6) is -1.06. The molecule has 1 saturated heterocycles. The lowest BCUT2D eigenvalue weighted by Crippen LogP contribution is -2.41. The van der Waals surface area contributed by atoms with Gasteiger partial charge >= 0.3 is 13.1 Å². The molecule has 7 heteroatoms. The highest BCUT2D eigenvalue weighted by molar-refractivity contribution is 6.61. The first-order valence-corrected chi connectivity index (χ1v) is 5.82. The molecule has 1 aromatic rings. The zero-order valence-electron chi connectivity index (χ0n) is 14.3. The van der Waals surface area contributed by atoms with E-state index < -0.39 is 31.3 Å². The monoisotopic (exact) mass is 267 g/mol. The Morgan fingerprint density at radius 1 is 1.26 bits per heavy atom. The van der Waals surface area contributed by atoms with E-state index in [1.807, 2.05) is 27.7 Å². The molecule has 0 bridgehead atoms. The lowest BCUT2D eigenvalue weighted by atomic mass is 9.85. The third-order valence-corrected chi connectivity index (χ3v) is 3.47. The van der Waals surface area contributed by atoms with Gasteiger partial charge in [-0.15, -0.1) is 0 Å². The molecule has 2 heterocycles. The maximum atomic E-state index is 11.6. The lowest BCUT2D eigenvalue weighted by Gasteiger charge is -2.32. The van der Waals surface area contributed by atoms with E-state index in [9.17, 15) is 4.79 Å². The molecule has 1 aliphatic rings. The Labute approximate surface area is 116 Å². The van der Waals surface area contributed by atoms with Gasteiger partial charge in [0.05, 0.1) is 34.1 Å². The number of methoxy groups -OCH3 is 1. The van der Waals surface area contributed by atoms with Crippen LogP contribution in [0.5, 0.6) is 0 Å². The van der Waals surface area contributed by atoms with Gasteiger partial charge in [-0.1, -0.05) is 0 Å². The summed E-state index contributed by atoms with van der Waals surface area (Å²) in [5, 5.41) is 0. The number of rotatable bonds is 2. The molecule has 1 aliphatic heterocycles. The van der Waals surface area contributed by atoms with Crippen molar-refractivity contribution in [2.45, 2.75) is 38.9 Å². The minimum atomic E-state index is -2.82. The summed E-state index contributed by atoms with van der Waals surface area (Å²) in [5.41, 5.74) is -0.836. The summed E-state index contributed by atoms with van der Waals surface area (Å²) in [7, 11) is -3.52. The molecular formula is C12H17BN2O4. The number of esters is 1. The van der Waals surface area contributed by atoms with Gasteiger partial charge in [-0.05, 0) is 27.7 Å². The number of aromatic nitrogens is 2. The summed E-state index contributed by atoms with van der Waals surface area (Å²) in [4.78, 5) is 19.5. The first-order valence-electron chi connectivity index (χ1n) is 7.32. The molecular weight excluding hydrogens is 247 g/mol. The molecule has 0 spiro atoms. The topological polar surface area (TPSA) is 70.5 Å². The van der Waals surface area contributed by atoms with Gasteiger partial charge in [0.1, 0.15) is 0 Å². The van der Waals surface area contributed by atoms with Crippen molar-refractivity contribution < 1.29 is 23.0 Å². The largest absolute Gasteiger partial charge is 0.516 e. The minimum Gasteiger partial charge on any atom is -0.464 e. The van der Waals surface area contributed by atoms with E-state index in [4.69, 9.17) is 13.4 Å². The first kappa shape index (κ1) is 10.3. The summed E-state index contributed by atoms with van der Waals surface area (Å²) >= 11 is 0. The van der Waals surface area contributed by atoms with Gasteiger partial charge in [0.15, 0.2) is 5.69 Å². The van der Waals surface area contributed by atoms with Crippen LogP contribution in [0.2, 0.25) is 0 Å². The predicted octanol–water partition coefficient (Wildman–Crippen LogP) is 0.562. The smallest absolute Gasteiger partial charge is 0.464 e. The normalized spacial score (nSPS) is 23.4. The van der Waals surface area contributed by atoms with Crippen molar-refractivity contribution in [3.05, 3.63) is 18.1 Å². The van der Waals surface area contributed by atoms with Gasteiger partial charge < -0.3 is 14.0 Å². The maximum absolute atomic E-state index is 11.6. The summed E-state index contributed by atoms with van der Waals surface area (Å²) in [6.45, 7) is 7.62. The molecule has 6 nitrogen and oxygen atoms in total. The summed E-state index contributed by atoms with van der Waals surface area (Å²) in [6.07, 6.45) is 2.44.